The molecule has 0 fully saturated rings. The average molecular weight is 369 g/mol. The maximum absolute atomic E-state index is 6.92. The molecule has 0 bridgehead atoms. The van der Waals surface area contributed by atoms with Gasteiger partial charge in [0.05, 0.1) is 0 Å². The number of ether oxygens (including phenoxy) is 1. The van der Waals surface area contributed by atoms with E-state index in [0.29, 0.717) is 0 Å². The zero-order valence-corrected chi connectivity index (χ0v) is 16.2. The summed E-state index contributed by atoms with van der Waals surface area (Å²) in [5, 5.41) is 1.25. The van der Waals surface area contributed by atoms with Gasteiger partial charge >= 0.3 is 0 Å². The monoisotopic (exact) mass is 368 g/mol. The second-order valence-corrected chi connectivity index (χ2v) is 8.30. The quantitative estimate of drug-likeness (QED) is 0.375. The van der Waals surface area contributed by atoms with Gasteiger partial charge < -0.3 is 4.74 Å². The van der Waals surface area contributed by atoms with Crippen molar-refractivity contribution in [1.82, 2.24) is 0 Å². The minimum atomic E-state index is -0.619. The van der Waals surface area contributed by atoms with Crippen molar-refractivity contribution in [3.8, 4) is 5.75 Å². The van der Waals surface area contributed by atoms with E-state index < -0.39 is 5.60 Å². The van der Waals surface area contributed by atoms with Gasteiger partial charge in [-0.1, -0.05) is 66.7 Å². The normalized spacial score (nSPS) is 14.7. The van der Waals surface area contributed by atoms with Crippen molar-refractivity contribution in [3.63, 3.8) is 0 Å². The first-order valence-electron chi connectivity index (χ1n) is 9.21. The summed E-state index contributed by atoms with van der Waals surface area (Å²) in [6.45, 7) is 4.38. The van der Waals surface area contributed by atoms with Crippen molar-refractivity contribution in [2.45, 2.75) is 19.4 Å². The van der Waals surface area contributed by atoms with Crippen LogP contribution in [0.5, 0.6) is 5.75 Å². The molecule has 132 valence electrons. The smallest absolute Gasteiger partial charge is 0.178 e. The van der Waals surface area contributed by atoms with E-state index in [1.807, 2.05) is 23.5 Å². The Hall–Kier alpha value is -2.84. The first kappa shape index (κ1) is 16.3. The van der Waals surface area contributed by atoms with E-state index in [1.165, 1.54) is 20.5 Å². The third-order valence-corrected chi connectivity index (χ3v) is 6.65. The SMILES string of the molecule is Cc1sc2ccc3c(c2c1C)OC(c1ccccc1)(c1ccccc1)C=C3. The van der Waals surface area contributed by atoms with Gasteiger partial charge in [-0.2, -0.15) is 0 Å². The summed E-state index contributed by atoms with van der Waals surface area (Å²) >= 11 is 1.84. The predicted molar refractivity (Wildman–Crippen MR) is 115 cm³/mol. The predicted octanol–water partition coefficient (Wildman–Crippen LogP) is 6.87. The van der Waals surface area contributed by atoms with Gasteiger partial charge in [0, 0.05) is 31.7 Å². The highest BCUT2D eigenvalue weighted by molar-refractivity contribution is 7.19. The number of benzene rings is 3. The van der Waals surface area contributed by atoms with Gasteiger partial charge in [0.1, 0.15) is 5.75 Å². The Morgan fingerprint density at radius 3 is 2.04 bits per heavy atom. The van der Waals surface area contributed by atoms with Crippen LogP contribution in [0.4, 0.5) is 0 Å². The highest BCUT2D eigenvalue weighted by atomic mass is 32.1. The molecule has 1 aliphatic heterocycles. The Labute approximate surface area is 163 Å². The van der Waals surface area contributed by atoms with Crippen LogP contribution in [-0.2, 0) is 5.60 Å². The van der Waals surface area contributed by atoms with Gasteiger partial charge in [-0.3, -0.25) is 0 Å². The molecule has 2 heterocycles. The standard InChI is InChI=1S/C25H20OS/c1-17-18(2)27-22-14-13-19-15-16-25(26-24(19)23(17)22,20-9-5-3-6-10-20)21-11-7-4-8-12-21/h3-16H,1-2H3. The minimum absolute atomic E-state index is 0.619. The molecule has 0 N–H and O–H groups in total. The van der Waals surface area contributed by atoms with Crippen molar-refractivity contribution in [3.05, 3.63) is 106 Å². The number of hydrogen-bond acceptors (Lipinski definition) is 2. The zero-order chi connectivity index (χ0) is 18.4. The number of thiophene rings is 1. The van der Waals surface area contributed by atoms with Gasteiger partial charge in [-0.05, 0) is 37.6 Å². The van der Waals surface area contributed by atoms with Crippen LogP contribution in [-0.4, -0.2) is 0 Å². The van der Waals surface area contributed by atoms with Gasteiger partial charge in [0.2, 0.25) is 0 Å². The largest absolute Gasteiger partial charge is 0.472 e. The summed E-state index contributed by atoms with van der Waals surface area (Å²) in [6.07, 6.45) is 4.41. The molecule has 2 heteroatoms. The van der Waals surface area contributed by atoms with Gasteiger partial charge in [-0.25, -0.2) is 0 Å². The fraction of sp³-hybridized carbons (Fsp3) is 0.120. The van der Waals surface area contributed by atoms with E-state index >= 15 is 0 Å². The Balaban J connectivity index is 1.80. The third-order valence-electron chi connectivity index (χ3n) is 5.48. The van der Waals surface area contributed by atoms with Gasteiger partial charge in [0.25, 0.3) is 0 Å². The molecule has 27 heavy (non-hydrogen) atoms. The molecule has 5 rings (SSSR count). The van der Waals surface area contributed by atoms with E-state index in [4.69, 9.17) is 4.74 Å². The van der Waals surface area contributed by atoms with E-state index in [9.17, 15) is 0 Å². The molecule has 0 unspecified atom stereocenters. The van der Waals surface area contributed by atoms with Crippen LogP contribution in [0.15, 0.2) is 78.9 Å². The fourth-order valence-electron chi connectivity index (χ4n) is 3.93. The van der Waals surface area contributed by atoms with Crippen LogP contribution in [0.2, 0.25) is 0 Å². The Kier molecular flexibility index (Phi) is 3.70. The third kappa shape index (κ3) is 2.44. The second-order valence-electron chi connectivity index (χ2n) is 7.04. The summed E-state index contributed by atoms with van der Waals surface area (Å²) in [7, 11) is 0. The number of hydrogen-bond donors (Lipinski definition) is 0. The van der Waals surface area contributed by atoms with Crippen LogP contribution in [0, 0.1) is 13.8 Å². The lowest BCUT2D eigenvalue weighted by Crippen LogP contribution is -2.34. The summed E-state index contributed by atoms with van der Waals surface area (Å²) in [5.74, 6) is 0.990. The summed E-state index contributed by atoms with van der Waals surface area (Å²) in [5.41, 5.74) is 4.12. The molecule has 1 aliphatic rings. The number of rotatable bonds is 2. The maximum Gasteiger partial charge on any atom is 0.178 e. The molecule has 3 aromatic carbocycles. The van der Waals surface area contributed by atoms with Crippen molar-refractivity contribution in [1.29, 1.82) is 0 Å². The summed E-state index contributed by atoms with van der Waals surface area (Å²) < 4.78 is 8.21. The van der Waals surface area contributed by atoms with E-state index in [-0.39, 0.29) is 0 Å². The Morgan fingerprint density at radius 2 is 1.41 bits per heavy atom. The van der Waals surface area contributed by atoms with E-state index in [2.05, 4.69) is 86.7 Å². The van der Waals surface area contributed by atoms with Crippen LogP contribution >= 0.6 is 11.3 Å². The molecule has 4 aromatic rings. The minimum Gasteiger partial charge on any atom is -0.472 e. The molecule has 0 aliphatic carbocycles. The molecule has 0 atom stereocenters. The van der Waals surface area contributed by atoms with Crippen molar-refractivity contribution in [2.24, 2.45) is 0 Å². The summed E-state index contributed by atoms with van der Waals surface area (Å²) in [6, 6.07) is 25.4. The second kappa shape index (κ2) is 6.11. The van der Waals surface area contributed by atoms with Crippen molar-refractivity contribution in [2.75, 3.05) is 0 Å². The lowest BCUT2D eigenvalue weighted by atomic mass is 9.83. The van der Waals surface area contributed by atoms with Crippen LogP contribution in [0.25, 0.3) is 16.2 Å². The molecule has 1 nitrogen and oxygen atoms in total. The Morgan fingerprint density at radius 1 is 0.778 bits per heavy atom. The maximum atomic E-state index is 6.92. The molecule has 0 saturated heterocycles. The fourth-order valence-corrected chi connectivity index (χ4v) is 5.00. The van der Waals surface area contributed by atoms with Crippen molar-refractivity contribution >= 4 is 27.5 Å². The average Bonchev–Trinajstić information content (AvgIpc) is 3.03. The first-order chi connectivity index (χ1) is 13.2. The molecular weight excluding hydrogens is 348 g/mol. The summed E-state index contributed by atoms with van der Waals surface area (Å²) in [4.78, 5) is 1.35. The van der Waals surface area contributed by atoms with E-state index in [0.717, 1.165) is 22.4 Å². The zero-order valence-electron chi connectivity index (χ0n) is 15.4. The number of fused-ring (bicyclic) bond motifs is 3. The highest BCUT2D eigenvalue weighted by Gasteiger charge is 2.37. The van der Waals surface area contributed by atoms with Crippen LogP contribution in [0.3, 0.4) is 0 Å². The first-order valence-corrected chi connectivity index (χ1v) is 10.0. The molecule has 0 radical (unpaired) electrons. The lowest BCUT2D eigenvalue weighted by molar-refractivity contribution is 0.163. The molecular formula is C25H20OS. The van der Waals surface area contributed by atoms with Crippen molar-refractivity contribution < 1.29 is 4.74 Å². The van der Waals surface area contributed by atoms with Crippen LogP contribution < -0.4 is 4.74 Å². The molecule has 1 aromatic heterocycles. The lowest BCUT2D eigenvalue weighted by Gasteiger charge is -2.36. The number of aryl methyl sites for hydroxylation is 2. The molecule has 0 spiro atoms. The molecule has 0 amide bonds. The highest BCUT2D eigenvalue weighted by Crippen LogP contribution is 2.47. The topological polar surface area (TPSA) is 9.23 Å². The Bertz CT molecular complexity index is 1110. The molecule has 0 saturated carbocycles. The van der Waals surface area contributed by atoms with Crippen LogP contribution in [0.1, 0.15) is 27.1 Å². The van der Waals surface area contributed by atoms with Gasteiger partial charge in [-0.15, -0.1) is 11.3 Å². The van der Waals surface area contributed by atoms with Gasteiger partial charge in [0.15, 0.2) is 5.60 Å². The van der Waals surface area contributed by atoms with E-state index in [1.54, 1.807) is 0 Å².